The zero-order chi connectivity index (χ0) is 17.5. The fourth-order valence-electron chi connectivity index (χ4n) is 3.08. The molecule has 0 atom stereocenters. The number of hydrogen-bond acceptors (Lipinski definition) is 3. The predicted molar refractivity (Wildman–Crippen MR) is 104 cm³/mol. The van der Waals surface area contributed by atoms with Crippen LogP contribution in [0.2, 0.25) is 0 Å². The van der Waals surface area contributed by atoms with Crippen LogP contribution in [-0.4, -0.2) is 18.2 Å². The van der Waals surface area contributed by atoms with Gasteiger partial charge in [-0.2, -0.15) is 0 Å². The lowest BCUT2D eigenvalue weighted by atomic mass is 10.0. The van der Waals surface area contributed by atoms with Gasteiger partial charge in [-0.15, -0.1) is 0 Å². The molecule has 0 heterocycles. The Bertz CT molecular complexity index is 420. The minimum atomic E-state index is 0.381. The molecule has 0 aliphatic heterocycles. The van der Waals surface area contributed by atoms with E-state index < -0.39 is 0 Å². The summed E-state index contributed by atoms with van der Waals surface area (Å²) in [5.74, 6) is 0.381. The smallest absolute Gasteiger partial charge is 0.120 e. The van der Waals surface area contributed by atoms with Crippen LogP contribution in [0.15, 0.2) is 18.2 Å². The van der Waals surface area contributed by atoms with Crippen molar-refractivity contribution in [1.29, 1.82) is 0 Å². The molecule has 3 heteroatoms. The van der Waals surface area contributed by atoms with Crippen molar-refractivity contribution in [2.75, 3.05) is 13.1 Å². The first-order valence-electron chi connectivity index (χ1n) is 9.99. The number of hydrogen-bond donors (Lipinski definition) is 3. The van der Waals surface area contributed by atoms with E-state index in [2.05, 4.69) is 24.4 Å². The van der Waals surface area contributed by atoms with Crippen molar-refractivity contribution in [1.82, 2.24) is 5.32 Å². The van der Waals surface area contributed by atoms with Gasteiger partial charge in [0.1, 0.15) is 5.75 Å². The van der Waals surface area contributed by atoms with Crippen LogP contribution in [0, 0.1) is 0 Å². The molecule has 0 aliphatic rings. The first kappa shape index (κ1) is 21.0. The lowest BCUT2D eigenvalue weighted by Gasteiger charge is -2.09. The highest BCUT2D eigenvalue weighted by Crippen LogP contribution is 2.20. The van der Waals surface area contributed by atoms with Gasteiger partial charge in [0, 0.05) is 25.2 Å². The van der Waals surface area contributed by atoms with Crippen LogP contribution in [0.4, 0.5) is 0 Å². The SMILES string of the molecule is CCCCCCCCCCCCc1ccc(O)c(CNCCN)c1. The van der Waals surface area contributed by atoms with Crippen molar-refractivity contribution in [3.8, 4) is 5.75 Å². The van der Waals surface area contributed by atoms with E-state index in [1.54, 1.807) is 0 Å². The van der Waals surface area contributed by atoms with E-state index in [0.717, 1.165) is 18.5 Å². The first-order chi connectivity index (χ1) is 11.8. The Morgan fingerprint density at radius 1 is 0.917 bits per heavy atom. The van der Waals surface area contributed by atoms with E-state index in [0.29, 0.717) is 18.8 Å². The summed E-state index contributed by atoms with van der Waals surface area (Å²) >= 11 is 0. The number of phenols is 1. The number of aryl methyl sites for hydroxylation is 1. The van der Waals surface area contributed by atoms with Crippen LogP contribution in [0.3, 0.4) is 0 Å². The molecule has 1 rings (SSSR count). The van der Waals surface area contributed by atoms with Gasteiger partial charge in [-0.05, 0) is 24.5 Å². The molecule has 1 aromatic carbocycles. The van der Waals surface area contributed by atoms with Gasteiger partial charge in [0.05, 0.1) is 0 Å². The van der Waals surface area contributed by atoms with Crippen LogP contribution in [-0.2, 0) is 13.0 Å². The quantitative estimate of drug-likeness (QED) is 0.400. The number of phenolic OH excluding ortho intramolecular Hbond substituents is 1. The summed E-state index contributed by atoms with van der Waals surface area (Å²) in [6.07, 6.45) is 14.8. The first-order valence-corrected chi connectivity index (χ1v) is 9.99. The van der Waals surface area contributed by atoms with Crippen molar-refractivity contribution in [2.24, 2.45) is 5.73 Å². The van der Waals surface area contributed by atoms with Gasteiger partial charge in [0.25, 0.3) is 0 Å². The molecule has 0 fully saturated rings. The van der Waals surface area contributed by atoms with Gasteiger partial charge < -0.3 is 16.2 Å². The number of nitrogens with one attached hydrogen (secondary N) is 1. The van der Waals surface area contributed by atoms with E-state index in [1.165, 1.54) is 69.8 Å². The summed E-state index contributed by atoms with van der Waals surface area (Å²) in [4.78, 5) is 0. The molecule has 4 N–H and O–H groups in total. The monoisotopic (exact) mass is 334 g/mol. The highest BCUT2D eigenvalue weighted by Gasteiger charge is 2.03. The largest absolute Gasteiger partial charge is 0.508 e. The van der Waals surface area contributed by atoms with Crippen molar-refractivity contribution in [3.05, 3.63) is 29.3 Å². The summed E-state index contributed by atoms with van der Waals surface area (Å²) < 4.78 is 0. The third-order valence-corrected chi connectivity index (χ3v) is 4.60. The third kappa shape index (κ3) is 9.94. The van der Waals surface area contributed by atoms with Gasteiger partial charge in [-0.25, -0.2) is 0 Å². The summed E-state index contributed by atoms with van der Waals surface area (Å²) in [6, 6.07) is 6.01. The lowest BCUT2D eigenvalue weighted by molar-refractivity contribution is 0.464. The van der Waals surface area contributed by atoms with Crippen molar-refractivity contribution in [2.45, 2.75) is 84.1 Å². The van der Waals surface area contributed by atoms with Crippen molar-refractivity contribution >= 4 is 0 Å². The normalized spacial score (nSPS) is 11.1. The number of rotatable bonds is 15. The topological polar surface area (TPSA) is 58.3 Å². The van der Waals surface area contributed by atoms with Crippen molar-refractivity contribution in [3.63, 3.8) is 0 Å². The summed E-state index contributed by atoms with van der Waals surface area (Å²) in [6.45, 7) is 4.36. The fraction of sp³-hybridized carbons (Fsp3) is 0.714. The van der Waals surface area contributed by atoms with E-state index in [1.807, 2.05) is 6.07 Å². The second kappa shape index (κ2) is 14.3. The minimum absolute atomic E-state index is 0.381. The molecular weight excluding hydrogens is 296 g/mol. The van der Waals surface area contributed by atoms with Gasteiger partial charge in [-0.3, -0.25) is 0 Å². The van der Waals surface area contributed by atoms with E-state index in [4.69, 9.17) is 5.73 Å². The maximum Gasteiger partial charge on any atom is 0.120 e. The molecule has 0 spiro atoms. The highest BCUT2D eigenvalue weighted by atomic mass is 16.3. The third-order valence-electron chi connectivity index (χ3n) is 4.60. The van der Waals surface area contributed by atoms with E-state index in [9.17, 15) is 5.11 Å². The Labute approximate surface area is 149 Å². The summed E-state index contributed by atoms with van der Waals surface area (Å²) in [5, 5.41) is 13.2. The van der Waals surface area contributed by atoms with Gasteiger partial charge in [-0.1, -0.05) is 76.8 Å². The summed E-state index contributed by atoms with van der Waals surface area (Å²) in [5.41, 5.74) is 7.79. The molecule has 0 saturated carbocycles. The number of unbranched alkanes of at least 4 members (excludes halogenated alkanes) is 9. The number of benzene rings is 1. The molecule has 0 saturated heterocycles. The number of aromatic hydroxyl groups is 1. The molecule has 0 aromatic heterocycles. The van der Waals surface area contributed by atoms with Gasteiger partial charge >= 0.3 is 0 Å². The van der Waals surface area contributed by atoms with Crippen LogP contribution >= 0.6 is 0 Å². The molecule has 0 unspecified atom stereocenters. The second-order valence-electron chi connectivity index (χ2n) is 6.86. The maximum absolute atomic E-state index is 9.91. The molecule has 1 aromatic rings. The van der Waals surface area contributed by atoms with Crippen LogP contribution in [0.25, 0.3) is 0 Å². The Kier molecular flexibility index (Phi) is 12.5. The maximum atomic E-state index is 9.91. The van der Waals surface area contributed by atoms with Gasteiger partial charge in [0.15, 0.2) is 0 Å². The van der Waals surface area contributed by atoms with Crippen LogP contribution in [0.1, 0.15) is 82.3 Å². The molecule has 0 amide bonds. The molecule has 3 nitrogen and oxygen atoms in total. The average Bonchev–Trinajstić information content (AvgIpc) is 2.59. The van der Waals surface area contributed by atoms with Crippen LogP contribution in [0.5, 0.6) is 5.75 Å². The Morgan fingerprint density at radius 2 is 1.54 bits per heavy atom. The fourth-order valence-corrected chi connectivity index (χ4v) is 3.08. The average molecular weight is 335 g/mol. The highest BCUT2D eigenvalue weighted by molar-refractivity contribution is 5.36. The Balaban J connectivity index is 2.11. The standard InChI is InChI=1S/C21H38N2O/c1-2-3-4-5-6-7-8-9-10-11-12-19-13-14-21(24)20(17-19)18-23-16-15-22/h13-14,17,23-24H,2-12,15-16,18,22H2,1H3. The number of nitrogens with two attached hydrogens (primary N) is 1. The van der Waals surface area contributed by atoms with Gasteiger partial charge in [0.2, 0.25) is 0 Å². The molecule has 138 valence electrons. The Hall–Kier alpha value is -1.06. The molecule has 0 aliphatic carbocycles. The second-order valence-corrected chi connectivity index (χ2v) is 6.86. The lowest BCUT2D eigenvalue weighted by Crippen LogP contribution is -2.21. The van der Waals surface area contributed by atoms with Crippen LogP contribution < -0.4 is 11.1 Å². The van der Waals surface area contributed by atoms with E-state index in [-0.39, 0.29) is 0 Å². The van der Waals surface area contributed by atoms with E-state index >= 15 is 0 Å². The minimum Gasteiger partial charge on any atom is -0.508 e. The Morgan fingerprint density at radius 3 is 2.17 bits per heavy atom. The zero-order valence-corrected chi connectivity index (χ0v) is 15.7. The molecular formula is C21H38N2O. The predicted octanol–water partition coefficient (Wildman–Crippen LogP) is 4.90. The zero-order valence-electron chi connectivity index (χ0n) is 15.7. The summed E-state index contributed by atoms with van der Waals surface area (Å²) in [7, 11) is 0. The molecule has 0 radical (unpaired) electrons. The molecule has 0 bridgehead atoms. The van der Waals surface area contributed by atoms with Crippen molar-refractivity contribution < 1.29 is 5.11 Å². The molecule has 24 heavy (non-hydrogen) atoms.